The van der Waals surface area contributed by atoms with Gasteiger partial charge in [0.1, 0.15) is 17.0 Å². The van der Waals surface area contributed by atoms with Crippen LogP contribution in [0.3, 0.4) is 0 Å². The van der Waals surface area contributed by atoms with E-state index in [9.17, 15) is 9.18 Å². The van der Waals surface area contributed by atoms with Crippen molar-refractivity contribution in [3.8, 4) is 11.1 Å². The molecule has 2 aromatic carbocycles. The normalized spacial score (nSPS) is 18.1. The number of hydrogen-bond donors (Lipinski definition) is 3. The van der Waals surface area contributed by atoms with Crippen LogP contribution in [-0.4, -0.2) is 39.2 Å². The summed E-state index contributed by atoms with van der Waals surface area (Å²) in [6.45, 7) is 1.28. The zero-order valence-corrected chi connectivity index (χ0v) is 19.4. The molecular weight excluding hydrogens is 461 g/mol. The maximum absolute atomic E-state index is 14.5. The number of ether oxygens (including phenoxy) is 2. The average molecular weight is 486 g/mol. The monoisotopic (exact) mass is 485 g/mol. The van der Waals surface area contributed by atoms with Gasteiger partial charge < -0.3 is 20.2 Å². The third kappa shape index (κ3) is 3.09. The largest absolute Gasteiger partial charge is 0.394 e. The Morgan fingerprint density at radius 2 is 1.86 bits per heavy atom. The van der Waals surface area contributed by atoms with E-state index in [0.717, 1.165) is 47.5 Å². The molecule has 0 amide bonds. The molecule has 3 aromatic heterocycles. The Morgan fingerprint density at radius 1 is 1.06 bits per heavy atom. The number of H-pyrrole nitrogens is 2. The molecule has 0 radical (unpaired) electrons. The van der Waals surface area contributed by atoms with Crippen LogP contribution in [0.25, 0.3) is 43.8 Å². The highest BCUT2D eigenvalue weighted by Gasteiger charge is 2.41. The van der Waals surface area contributed by atoms with Crippen molar-refractivity contribution < 1.29 is 13.9 Å². The number of aromatic amines is 2. The first-order valence-electron chi connectivity index (χ1n) is 12.2. The lowest BCUT2D eigenvalue weighted by molar-refractivity contribution is -0.178. The van der Waals surface area contributed by atoms with Crippen molar-refractivity contribution in [1.29, 1.82) is 0 Å². The molecular formula is C27H24FN5O3. The summed E-state index contributed by atoms with van der Waals surface area (Å²) in [5.74, 6) is -0.631. The van der Waals surface area contributed by atoms with Gasteiger partial charge in [0.2, 0.25) is 0 Å². The van der Waals surface area contributed by atoms with Gasteiger partial charge in [-0.15, -0.1) is 0 Å². The van der Waals surface area contributed by atoms with Crippen LogP contribution in [0.1, 0.15) is 37.2 Å². The fourth-order valence-electron chi connectivity index (χ4n) is 6.03. The molecule has 1 saturated heterocycles. The van der Waals surface area contributed by atoms with Gasteiger partial charge in [0.05, 0.1) is 30.4 Å². The molecule has 0 bridgehead atoms. The van der Waals surface area contributed by atoms with E-state index >= 15 is 0 Å². The predicted molar refractivity (Wildman–Crippen MR) is 135 cm³/mol. The van der Waals surface area contributed by atoms with Crippen LogP contribution in [0.15, 0.2) is 47.5 Å². The summed E-state index contributed by atoms with van der Waals surface area (Å²) in [6.07, 6.45) is 6.76. The highest BCUT2D eigenvalue weighted by molar-refractivity contribution is 6.15. The molecule has 4 N–H and O–H groups in total. The molecule has 8 nitrogen and oxygen atoms in total. The first kappa shape index (κ1) is 21.5. The van der Waals surface area contributed by atoms with Crippen molar-refractivity contribution in [1.82, 2.24) is 20.2 Å². The molecule has 0 unspecified atom stereocenters. The zero-order valence-electron chi connectivity index (χ0n) is 19.4. The van der Waals surface area contributed by atoms with Crippen LogP contribution in [0.2, 0.25) is 0 Å². The number of benzene rings is 2. The minimum Gasteiger partial charge on any atom is -0.394 e. The van der Waals surface area contributed by atoms with E-state index in [-0.39, 0.29) is 17.1 Å². The molecule has 5 aromatic rings. The molecule has 182 valence electrons. The topological polar surface area (TPSA) is 119 Å². The number of halogens is 1. The number of aromatic nitrogens is 4. The fourth-order valence-corrected chi connectivity index (χ4v) is 6.03. The molecule has 4 heterocycles. The fraction of sp³-hybridized carbons (Fsp3) is 0.296. The molecule has 1 aliphatic heterocycles. The first-order chi connectivity index (χ1) is 17.5. The highest BCUT2D eigenvalue weighted by atomic mass is 19.1. The number of nitrogen functional groups attached to an aromatic ring is 1. The molecule has 9 heteroatoms. The SMILES string of the molecule is Nc1c(-c2ccc(F)c3[nH]ncc23)c2cc(C3CCC4(CC3)OCCO4)c3ncccc3c2[nH]c1=O. The number of hydrogen-bond acceptors (Lipinski definition) is 6. The quantitative estimate of drug-likeness (QED) is 0.311. The molecule has 1 saturated carbocycles. The Labute approximate surface area is 204 Å². The maximum atomic E-state index is 14.5. The van der Waals surface area contributed by atoms with Gasteiger partial charge in [-0.05, 0) is 54.2 Å². The van der Waals surface area contributed by atoms with Crippen molar-refractivity contribution in [3.05, 3.63) is 64.5 Å². The predicted octanol–water partition coefficient (Wildman–Crippen LogP) is 4.74. The number of nitrogens with one attached hydrogen (secondary N) is 2. The van der Waals surface area contributed by atoms with Crippen LogP contribution in [0, 0.1) is 5.82 Å². The van der Waals surface area contributed by atoms with Crippen LogP contribution in [0.5, 0.6) is 0 Å². The van der Waals surface area contributed by atoms with E-state index in [4.69, 9.17) is 20.2 Å². The summed E-state index contributed by atoms with van der Waals surface area (Å²) >= 11 is 0. The van der Waals surface area contributed by atoms with Crippen LogP contribution in [-0.2, 0) is 9.47 Å². The average Bonchev–Trinajstić information content (AvgIpc) is 3.57. The van der Waals surface area contributed by atoms with Crippen LogP contribution in [0.4, 0.5) is 10.1 Å². The van der Waals surface area contributed by atoms with E-state index in [1.54, 1.807) is 18.5 Å². The number of anilines is 1. The Balaban J connectivity index is 1.49. The molecule has 7 rings (SSSR count). The highest BCUT2D eigenvalue weighted by Crippen LogP contribution is 2.46. The second-order valence-corrected chi connectivity index (χ2v) is 9.67. The summed E-state index contributed by atoms with van der Waals surface area (Å²) in [5.41, 5.74) is 10.2. The van der Waals surface area contributed by atoms with E-state index in [1.807, 2.05) is 12.1 Å². The smallest absolute Gasteiger partial charge is 0.272 e. The Hall–Kier alpha value is -3.82. The van der Waals surface area contributed by atoms with E-state index in [1.165, 1.54) is 6.07 Å². The molecule has 1 spiro atoms. The summed E-state index contributed by atoms with van der Waals surface area (Å²) in [4.78, 5) is 20.7. The van der Waals surface area contributed by atoms with Gasteiger partial charge >= 0.3 is 0 Å². The Kier molecular flexibility index (Phi) is 4.67. The number of fused-ring (bicyclic) bond motifs is 4. The van der Waals surface area contributed by atoms with Crippen molar-refractivity contribution in [2.75, 3.05) is 18.9 Å². The third-order valence-electron chi connectivity index (χ3n) is 7.78. The minimum absolute atomic E-state index is 0.0844. The van der Waals surface area contributed by atoms with E-state index in [2.05, 4.69) is 21.2 Å². The Bertz CT molecular complexity index is 1710. The standard InChI is InChI=1S/C27H24FN5O3/c28-20-4-3-15(19-13-31-33-25(19)20)21-18-12-17(14-5-7-27(8-6-14)35-10-11-36-27)23-16(2-1-9-30-23)24(18)32-26(34)22(21)29/h1-4,9,12-14H,5-8,10-11,29H2,(H,31,33)(H,32,34). The van der Waals surface area contributed by atoms with Crippen molar-refractivity contribution in [2.24, 2.45) is 0 Å². The van der Waals surface area contributed by atoms with Crippen molar-refractivity contribution in [2.45, 2.75) is 37.4 Å². The van der Waals surface area contributed by atoms with Crippen LogP contribution >= 0.6 is 0 Å². The lowest BCUT2D eigenvalue weighted by Gasteiger charge is -2.35. The summed E-state index contributed by atoms with van der Waals surface area (Å²) < 4.78 is 26.3. The van der Waals surface area contributed by atoms with Gasteiger partial charge in [-0.25, -0.2) is 4.39 Å². The summed E-state index contributed by atoms with van der Waals surface area (Å²) in [7, 11) is 0. The van der Waals surface area contributed by atoms with Gasteiger partial charge in [0.25, 0.3) is 5.56 Å². The van der Waals surface area contributed by atoms with Crippen molar-refractivity contribution in [3.63, 3.8) is 0 Å². The molecule has 36 heavy (non-hydrogen) atoms. The van der Waals surface area contributed by atoms with Crippen molar-refractivity contribution >= 4 is 38.4 Å². The van der Waals surface area contributed by atoms with Gasteiger partial charge in [-0.2, -0.15) is 5.10 Å². The molecule has 0 atom stereocenters. The minimum atomic E-state index is -0.460. The lowest BCUT2D eigenvalue weighted by atomic mass is 9.79. The third-order valence-corrected chi connectivity index (χ3v) is 7.78. The molecule has 1 aliphatic carbocycles. The summed E-state index contributed by atoms with van der Waals surface area (Å²) in [5, 5.41) is 8.95. The van der Waals surface area contributed by atoms with Gasteiger partial charge in [-0.3, -0.25) is 14.9 Å². The number of pyridine rings is 2. The zero-order chi connectivity index (χ0) is 24.4. The van der Waals surface area contributed by atoms with Crippen LogP contribution < -0.4 is 11.3 Å². The van der Waals surface area contributed by atoms with E-state index < -0.39 is 17.2 Å². The second kappa shape index (κ2) is 7.84. The maximum Gasteiger partial charge on any atom is 0.272 e. The van der Waals surface area contributed by atoms with Gasteiger partial charge in [0.15, 0.2) is 5.79 Å². The lowest BCUT2D eigenvalue weighted by Crippen LogP contribution is -2.34. The second-order valence-electron chi connectivity index (χ2n) is 9.67. The van der Waals surface area contributed by atoms with E-state index in [0.29, 0.717) is 35.2 Å². The molecule has 2 aliphatic rings. The number of nitrogens with zero attached hydrogens (tertiary/aromatic N) is 2. The number of rotatable bonds is 2. The van der Waals surface area contributed by atoms with Gasteiger partial charge in [-0.1, -0.05) is 6.07 Å². The Morgan fingerprint density at radius 3 is 2.67 bits per heavy atom. The molecule has 2 fully saturated rings. The van der Waals surface area contributed by atoms with Gasteiger partial charge in [0, 0.05) is 40.8 Å². The first-order valence-corrected chi connectivity index (χ1v) is 12.2. The summed E-state index contributed by atoms with van der Waals surface area (Å²) in [6, 6.07) is 8.95. The number of nitrogens with two attached hydrogens (primary N) is 1.